The smallest absolute Gasteiger partial charge is 0.253 e. The van der Waals surface area contributed by atoms with E-state index in [0.29, 0.717) is 6.42 Å². The van der Waals surface area contributed by atoms with Crippen molar-refractivity contribution in [1.29, 1.82) is 0 Å². The molecule has 10 heteroatoms. The number of allylic oxidation sites excluding steroid dienone is 4. The van der Waals surface area contributed by atoms with Gasteiger partial charge in [0.05, 0.1) is 25.4 Å². The molecule has 1 aliphatic heterocycles. The van der Waals surface area contributed by atoms with Crippen molar-refractivity contribution in [2.75, 3.05) is 13.2 Å². The first-order chi connectivity index (χ1) is 25.7. The summed E-state index contributed by atoms with van der Waals surface area (Å²) in [4.78, 5) is 13.0. The van der Waals surface area contributed by atoms with Crippen LogP contribution in [0.3, 0.4) is 0 Å². The Hall–Kier alpha value is -1.63. The molecule has 1 heterocycles. The summed E-state index contributed by atoms with van der Waals surface area (Å²) in [5.74, 6) is -0.713. The van der Waals surface area contributed by atoms with E-state index >= 15 is 0 Å². The largest absolute Gasteiger partial charge is 0.394 e. The Morgan fingerprint density at radius 1 is 0.698 bits per heavy atom. The molecule has 1 amide bonds. The van der Waals surface area contributed by atoms with Crippen molar-refractivity contribution in [3.05, 3.63) is 36.0 Å². The van der Waals surface area contributed by atoms with Gasteiger partial charge in [-0.3, -0.25) is 4.79 Å². The molecule has 1 fully saturated rings. The molecule has 7 N–H and O–H groups in total. The van der Waals surface area contributed by atoms with Gasteiger partial charge in [0.2, 0.25) is 0 Å². The van der Waals surface area contributed by atoms with Crippen LogP contribution in [0, 0.1) is 0 Å². The second-order valence-electron chi connectivity index (χ2n) is 15.1. The summed E-state index contributed by atoms with van der Waals surface area (Å²) in [7, 11) is 0. The van der Waals surface area contributed by atoms with Crippen LogP contribution in [0.1, 0.15) is 168 Å². The molecule has 0 aromatic heterocycles. The molecule has 8 atom stereocenters. The summed E-state index contributed by atoms with van der Waals surface area (Å²) < 4.78 is 11.1. The van der Waals surface area contributed by atoms with Crippen molar-refractivity contribution < 1.29 is 44.9 Å². The van der Waals surface area contributed by atoms with E-state index in [1.165, 1.54) is 121 Å². The third-order valence-corrected chi connectivity index (χ3v) is 10.2. The zero-order chi connectivity index (χ0) is 39.1. The Morgan fingerprint density at radius 3 is 1.79 bits per heavy atom. The highest BCUT2D eigenvalue weighted by Gasteiger charge is 2.44. The number of hydrogen-bond acceptors (Lipinski definition) is 9. The van der Waals surface area contributed by atoms with Gasteiger partial charge in [-0.15, -0.1) is 0 Å². The number of aliphatic hydroxyl groups excluding tert-OH is 6. The molecule has 1 saturated heterocycles. The van der Waals surface area contributed by atoms with E-state index in [0.717, 1.165) is 32.1 Å². The summed E-state index contributed by atoms with van der Waals surface area (Å²) in [5.41, 5.74) is 1.35. The molecule has 1 rings (SSSR count). The first-order valence-electron chi connectivity index (χ1n) is 21.2. The fraction of sp³-hybridized carbons (Fsp3) is 0.837. The molecule has 0 spiro atoms. The number of rotatable bonds is 33. The third-order valence-electron chi connectivity index (χ3n) is 10.2. The predicted octanol–water partition coefficient (Wildman–Crippen LogP) is 7.08. The molecule has 0 bridgehead atoms. The van der Waals surface area contributed by atoms with Gasteiger partial charge in [0.15, 0.2) is 12.4 Å². The summed E-state index contributed by atoms with van der Waals surface area (Å²) in [5, 5.41) is 64.4. The van der Waals surface area contributed by atoms with E-state index in [1.807, 2.05) is 6.08 Å². The molecule has 53 heavy (non-hydrogen) atoms. The van der Waals surface area contributed by atoms with E-state index in [1.54, 1.807) is 12.2 Å². The zero-order valence-electron chi connectivity index (χ0n) is 33.6. The fourth-order valence-corrected chi connectivity index (χ4v) is 6.57. The van der Waals surface area contributed by atoms with Gasteiger partial charge in [0, 0.05) is 0 Å². The number of unbranched alkanes of at least 4 members (excludes halogenated alkanes) is 19. The predicted molar refractivity (Wildman–Crippen MR) is 213 cm³/mol. The first kappa shape index (κ1) is 49.4. The maximum Gasteiger partial charge on any atom is 0.253 e. The van der Waals surface area contributed by atoms with E-state index in [2.05, 4.69) is 32.2 Å². The SMILES string of the molecule is CCCCCCCCCCCCCCC=CC(O)C(=O)NC(COC1OC(CO)C(O)C(O)C1O)C(O)C=CCCC=C(C)CCCCCCCCC. The average molecular weight is 754 g/mol. The van der Waals surface area contributed by atoms with Crippen molar-refractivity contribution in [1.82, 2.24) is 5.32 Å². The Balaban J connectivity index is 2.59. The highest BCUT2D eigenvalue weighted by Crippen LogP contribution is 2.22. The molecular weight excluding hydrogens is 674 g/mol. The molecule has 10 nitrogen and oxygen atoms in total. The summed E-state index contributed by atoms with van der Waals surface area (Å²) in [6.07, 6.45) is 26.3. The van der Waals surface area contributed by atoms with Crippen LogP contribution in [-0.2, 0) is 14.3 Å². The molecule has 0 aliphatic carbocycles. The van der Waals surface area contributed by atoms with Crippen LogP contribution >= 0.6 is 0 Å². The minimum atomic E-state index is -1.62. The van der Waals surface area contributed by atoms with E-state index in [9.17, 15) is 35.4 Å². The second-order valence-corrected chi connectivity index (χ2v) is 15.1. The Kier molecular flexibility index (Phi) is 30.4. The third kappa shape index (κ3) is 23.8. The first-order valence-corrected chi connectivity index (χ1v) is 21.2. The lowest BCUT2D eigenvalue weighted by atomic mass is 9.99. The Labute approximate surface area is 322 Å². The minimum absolute atomic E-state index is 0.341. The number of amides is 1. The highest BCUT2D eigenvalue weighted by atomic mass is 16.7. The van der Waals surface area contributed by atoms with Crippen molar-refractivity contribution in [2.45, 2.75) is 217 Å². The fourth-order valence-electron chi connectivity index (χ4n) is 6.57. The highest BCUT2D eigenvalue weighted by molar-refractivity contribution is 5.82. The molecule has 1 aliphatic rings. The topological polar surface area (TPSA) is 169 Å². The van der Waals surface area contributed by atoms with E-state index < -0.39 is 61.5 Å². The molecule has 8 unspecified atom stereocenters. The number of nitrogens with one attached hydrogen (secondary N) is 1. The van der Waals surface area contributed by atoms with Crippen LogP contribution < -0.4 is 5.32 Å². The molecule has 0 saturated carbocycles. The van der Waals surface area contributed by atoms with Gasteiger partial charge in [-0.1, -0.05) is 159 Å². The summed E-state index contributed by atoms with van der Waals surface area (Å²) >= 11 is 0. The van der Waals surface area contributed by atoms with Crippen molar-refractivity contribution in [3.63, 3.8) is 0 Å². The number of aliphatic hydroxyl groups is 6. The Bertz CT molecular complexity index is 971. The average Bonchev–Trinajstić information content (AvgIpc) is 3.15. The maximum atomic E-state index is 13.0. The van der Waals surface area contributed by atoms with Crippen molar-refractivity contribution in [2.24, 2.45) is 0 Å². The van der Waals surface area contributed by atoms with Gasteiger partial charge >= 0.3 is 0 Å². The molecule has 0 aromatic carbocycles. The van der Waals surface area contributed by atoms with Crippen molar-refractivity contribution >= 4 is 5.91 Å². The minimum Gasteiger partial charge on any atom is -0.394 e. The van der Waals surface area contributed by atoms with Crippen molar-refractivity contribution in [3.8, 4) is 0 Å². The Morgan fingerprint density at radius 2 is 1.23 bits per heavy atom. The van der Waals surface area contributed by atoms with E-state index in [4.69, 9.17) is 9.47 Å². The van der Waals surface area contributed by atoms with Crippen LogP contribution in [0.2, 0.25) is 0 Å². The van der Waals surface area contributed by atoms with Gasteiger partial charge < -0.3 is 45.4 Å². The lowest BCUT2D eigenvalue weighted by Crippen LogP contribution is -2.60. The van der Waals surface area contributed by atoms with Crippen LogP contribution in [0.5, 0.6) is 0 Å². The molecular formula is C43H79NO9. The lowest BCUT2D eigenvalue weighted by molar-refractivity contribution is -0.302. The van der Waals surface area contributed by atoms with Crippen LogP contribution in [0.25, 0.3) is 0 Å². The quantitative estimate of drug-likeness (QED) is 0.0274. The van der Waals surface area contributed by atoms with Gasteiger partial charge in [-0.2, -0.15) is 0 Å². The van der Waals surface area contributed by atoms with Crippen LogP contribution in [-0.4, -0.2) is 98.7 Å². The number of hydrogen-bond donors (Lipinski definition) is 7. The van der Waals surface area contributed by atoms with Gasteiger partial charge in [0.1, 0.15) is 24.4 Å². The number of carbonyl (C=O) groups is 1. The number of ether oxygens (including phenoxy) is 2. The van der Waals surface area contributed by atoms with E-state index in [-0.39, 0.29) is 6.61 Å². The monoisotopic (exact) mass is 754 g/mol. The van der Waals surface area contributed by atoms with Crippen LogP contribution in [0.4, 0.5) is 0 Å². The molecule has 310 valence electrons. The summed E-state index contributed by atoms with van der Waals surface area (Å²) in [6.45, 7) is 5.67. The standard InChI is InChI=1S/C43H79NO9/c1-4-6-8-10-12-13-14-15-16-17-18-20-22-26-31-37(47)42(51)44-35(33-52-43-41(50)40(49)39(48)38(32-45)53-43)36(46)30-27-23-25-29-34(3)28-24-21-19-11-9-7-5-2/h26-27,29-31,35-41,43,45-50H,4-25,28,32-33H2,1-3H3,(H,44,51). The normalized spacial score (nSPS) is 22.8. The zero-order valence-corrected chi connectivity index (χ0v) is 33.6. The van der Waals surface area contributed by atoms with Crippen LogP contribution in [0.15, 0.2) is 36.0 Å². The van der Waals surface area contributed by atoms with Gasteiger partial charge in [-0.05, 0) is 45.4 Å². The number of carbonyl (C=O) groups excluding carboxylic acids is 1. The summed E-state index contributed by atoms with van der Waals surface area (Å²) in [6, 6.07) is -1.03. The molecule has 0 aromatic rings. The maximum absolute atomic E-state index is 13.0. The van der Waals surface area contributed by atoms with Gasteiger partial charge in [-0.25, -0.2) is 0 Å². The lowest BCUT2D eigenvalue weighted by Gasteiger charge is -2.40. The second kappa shape index (κ2) is 32.6. The van der Waals surface area contributed by atoms with Gasteiger partial charge in [0.25, 0.3) is 5.91 Å². The molecule has 0 radical (unpaired) electrons.